The fraction of sp³-hybridized carbons (Fsp3) is 0.353. The second-order valence-electron chi connectivity index (χ2n) is 5.79. The Morgan fingerprint density at radius 3 is 2.54 bits per heavy atom. The molecule has 2 rings (SSSR count). The van der Waals surface area contributed by atoms with Crippen molar-refractivity contribution in [3.8, 4) is 0 Å². The summed E-state index contributed by atoms with van der Waals surface area (Å²) in [6.07, 6.45) is 0. The average molecular weight is 376 g/mol. The Kier molecular flexibility index (Phi) is 6.04. The molecule has 1 aromatic heterocycles. The van der Waals surface area contributed by atoms with Gasteiger partial charge in [0.15, 0.2) is 5.13 Å². The molecule has 1 N–H and O–H groups in total. The summed E-state index contributed by atoms with van der Waals surface area (Å²) in [5, 5.41) is 14.2. The highest BCUT2D eigenvalue weighted by Crippen LogP contribution is 2.22. The molecule has 0 aliphatic heterocycles. The fourth-order valence-corrected chi connectivity index (χ4v) is 3.14. The van der Waals surface area contributed by atoms with Crippen LogP contribution >= 0.6 is 11.3 Å². The second-order valence-corrected chi connectivity index (χ2v) is 6.99. The molecule has 0 aliphatic rings. The number of aryl methyl sites for hydroxylation is 3. The van der Waals surface area contributed by atoms with Crippen LogP contribution in [0.25, 0.3) is 0 Å². The number of carbonyl (C=O) groups is 2. The highest BCUT2D eigenvalue weighted by Gasteiger charge is 2.21. The average Bonchev–Trinajstić information content (AvgIpc) is 2.89. The zero-order valence-corrected chi connectivity index (χ0v) is 15.8. The first-order valence-electron chi connectivity index (χ1n) is 8.01. The Morgan fingerprint density at radius 1 is 1.31 bits per heavy atom. The van der Waals surface area contributed by atoms with Crippen LogP contribution in [0.1, 0.15) is 33.4 Å². The lowest BCUT2D eigenvalue weighted by molar-refractivity contribution is -0.385. The normalized spacial score (nSPS) is 10.5. The number of nitrogens with one attached hydrogen (secondary N) is 1. The second kappa shape index (κ2) is 8.05. The molecule has 0 spiro atoms. The van der Waals surface area contributed by atoms with Gasteiger partial charge >= 0.3 is 0 Å². The van der Waals surface area contributed by atoms with Gasteiger partial charge in [-0.05, 0) is 33.8 Å². The number of carbonyl (C=O) groups excluding carboxylic acids is 2. The molecule has 8 nitrogen and oxygen atoms in total. The number of thiazole rings is 1. The first-order valence-corrected chi connectivity index (χ1v) is 8.82. The molecular formula is C17H20N4O4S. The summed E-state index contributed by atoms with van der Waals surface area (Å²) >= 11 is 1.37. The number of benzene rings is 1. The molecule has 0 fully saturated rings. The minimum atomic E-state index is -0.526. The summed E-state index contributed by atoms with van der Waals surface area (Å²) in [5.74, 6) is -0.798. The van der Waals surface area contributed by atoms with Gasteiger partial charge in [-0.1, -0.05) is 6.07 Å². The van der Waals surface area contributed by atoms with Gasteiger partial charge < -0.3 is 10.2 Å². The number of hydrogen-bond donors (Lipinski definition) is 1. The summed E-state index contributed by atoms with van der Waals surface area (Å²) < 4.78 is 0. The SMILES string of the molecule is CCN(CC(=O)Nc1nc(C)c(C)s1)C(=O)c1ccc(C)c([N+](=O)[O-])c1. The van der Waals surface area contributed by atoms with Crippen LogP contribution in [0, 0.1) is 30.9 Å². The van der Waals surface area contributed by atoms with Gasteiger partial charge in [-0.25, -0.2) is 4.98 Å². The van der Waals surface area contributed by atoms with Crippen LogP contribution in [0.5, 0.6) is 0 Å². The van der Waals surface area contributed by atoms with Crippen molar-refractivity contribution in [3.63, 3.8) is 0 Å². The highest BCUT2D eigenvalue weighted by molar-refractivity contribution is 7.15. The monoisotopic (exact) mass is 376 g/mol. The summed E-state index contributed by atoms with van der Waals surface area (Å²) in [6, 6.07) is 4.30. The van der Waals surface area contributed by atoms with Gasteiger partial charge in [0.05, 0.1) is 10.6 Å². The van der Waals surface area contributed by atoms with E-state index in [1.807, 2.05) is 13.8 Å². The zero-order chi connectivity index (χ0) is 19.4. The number of aromatic nitrogens is 1. The van der Waals surface area contributed by atoms with Crippen molar-refractivity contribution in [3.05, 3.63) is 50.0 Å². The predicted octanol–water partition coefficient (Wildman–Crippen LogP) is 3.08. The van der Waals surface area contributed by atoms with Crippen LogP contribution in [-0.4, -0.2) is 39.7 Å². The van der Waals surface area contributed by atoms with Crippen molar-refractivity contribution in [2.45, 2.75) is 27.7 Å². The first-order chi connectivity index (χ1) is 12.2. The van der Waals surface area contributed by atoms with E-state index < -0.39 is 10.8 Å². The summed E-state index contributed by atoms with van der Waals surface area (Å²) in [6.45, 7) is 7.25. The molecule has 0 radical (unpaired) electrons. The lowest BCUT2D eigenvalue weighted by Crippen LogP contribution is -2.37. The summed E-state index contributed by atoms with van der Waals surface area (Å²) in [5.41, 5.74) is 1.38. The van der Waals surface area contributed by atoms with Gasteiger partial charge in [0.1, 0.15) is 6.54 Å². The van der Waals surface area contributed by atoms with Crippen LogP contribution in [0.4, 0.5) is 10.8 Å². The van der Waals surface area contributed by atoms with Gasteiger partial charge in [-0.2, -0.15) is 0 Å². The van der Waals surface area contributed by atoms with E-state index in [2.05, 4.69) is 10.3 Å². The lowest BCUT2D eigenvalue weighted by atomic mass is 10.1. The molecule has 9 heteroatoms. The summed E-state index contributed by atoms with van der Waals surface area (Å²) in [7, 11) is 0. The standard InChI is InChI=1S/C17H20N4O4S/c1-5-20(9-15(22)19-17-18-11(3)12(4)26-17)16(23)13-7-6-10(2)14(8-13)21(24)25/h6-8H,5,9H2,1-4H3,(H,18,19,22). The fourth-order valence-electron chi connectivity index (χ4n) is 2.31. The smallest absolute Gasteiger partial charge is 0.273 e. The number of hydrogen-bond acceptors (Lipinski definition) is 6. The maximum absolute atomic E-state index is 12.6. The quantitative estimate of drug-likeness (QED) is 0.616. The van der Waals surface area contributed by atoms with Crippen LogP contribution < -0.4 is 5.32 Å². The molecule has 0 atom stereocenters. The molecular weight excluding hydrogens is 356 g/mol. The van der Waals surface area contributed by atoms with E-state index in [-0.39, 0.29) is 23.7 Å². The number of nitro benzene ring substituents is 1. The van der Waals surface area contributed by atoms with Gasteiger partial charge in [0.2, 0.25) is 5.91 Å². The predicted molar refractivity (Wildman–Crippen MR) is 99.6 cm³/mol. The minimum absolute atomic E-state index is 0.120. The van der Waals surface area contributed by atoms with E-state index in [1.54, 1.807) is 13.8 Å². The Morgan fingerprint density at radius 2 is 2.00 bits per heavy atom. The van der Waals surface area contributed by atoms with E-state index in [0.29, 0.717) is 17.2 Å². The number of nitrogens with zero attached hydrogens (tertiary/aromatic N) is 3. The van der Waals surface area contributed by atoms with E-state index in [0.717, 1.165) is 10.6 Å². The van der Waals surface area contributed by atoms with Gasteiger partial charge in [0, 0.05) is 28.6 Å². The molecule has 2 aromatic rings. The Bertz CT molecular complexity index is 843. The molecule has 0 aliphatic carbocycles. The van der Waals surface area contributed by atoms with Crippen molar-refractivity contribution >= 4 is 34.0 Å². The Balaban J connectivity index is 2.12. The molecule has 0 unspecified atom stereocenters. The first kappa shape index (κ1) is 19.5. The third-order valence-electron chi connectivity index (χ3n) is 3.93. The van der Waals surface area contributed by atoms with Crippen LogP contribution in [0.15, 0.2) is 18.2 Å². The molecule has 0 saturated carbocycles. The number of nitro groups is 1. The van der Waals surface area contributed by atoms with E-state index in [9.17, 15) is 19.7 Å². The van der Waals surface area contributed by atoms with Crippen LogP contribution in [0.3, 0.4) is 0 Å². The molecule has 2 amide bonds. The van der Waals surface area contributed by atoms with Crippen molar-refractivity contribution in [1.29, 1.82) is 0 Å². The third kappa shape index (κ3) is 4.42. The van der Waals surface area contributed by atoms with E-state index in [4.69, 9.17) is 0 Å². The lowest BCUT2D eigenvalue weighted by Gasteiger charge is -2.20. The van der Waals surface area contributed by atoms with Gasteiger partial charge in [-0.15, -0.1) is 11.3 Å². The molecule has 0 bridgehead atoms. The molecule has 138 valence electrons. The topological polar surface area (TPSA) is 105 Å². The molecule has 0 saturated heterocycles. The van der Waals surface area contributed by atoms with Gasteiger partial charge in [-0.3, -0.25) is 19.7 Å². The molecule has 1 aromatic carbocycles. The van der Waals surface area contributed by atoms with Crippen LogP contribution in [0.2, 0.25) is 0 Å². The highest BCUT2D eigenvalue weighted by atomic mass is 32.1. The number of likely N-dealkylation sites (N-methyl/N-ethyl adjacent to an activating group) is 1. The molecule has 1 heterocycles. The number of anilines is 1. The van der Waals surface area contributed by atoms with Gasteiger partial charge in [0.25, 0.3) is 11.6 Å². The van der Waals surface area contributed by atoms with E-state index in [1.165, 1.54) is 34.4 Å². The van der Waals surface area contributed by atoms with Crippen molar-refractivity contribution < 1.29 is 14.5 Å². The molecule has 26 heavy (non-hydrogen) atoms. The number of rotatable bonds is 6. The van der Waals surface area contributed by atoms with E-state index >= 15 is 0 Å². The summed E-state index contributed by atoms with van der Waals surface area (Å²) in [4.78, 5) is 41.9. The maximum atomic E-state index is 12.6. The van der Waals surface area contributed by atoms with Crippen molar-refractivity contribution in [1.82, 2.24) is 9.88 Å². The third-order valence-corrected chi connectivity index (χ3v) is 4.92. The maximum Gasteiger partial charge on any atom is 0.273 e. The van der Waals surface area contributed by atoms with Crippen LogP contribution in [-0.2, 0) is 4.79 Å². The van der Waals surface area contributed by atoms with Crippen molar-refractivity contribution in [2.75, 3.05) is 18.4 Å². The minimum Gasteiger partial charge on any atom is -0.330 e. The van der Waals surface area contributed by atoms with Crippen molar-refractivity contribution in [2.24, 2.45) is 0 Å². The Hall–Kier alpha value is -2.81. The largest absolute Gasteiger partial charge is 0.330 e. The zero-order valence-electron chi connectivity index (χ0n) is 15.0. The Labute approximate surface area is 155 Å². The number of amides is 2.